The Morgan fingerprint density at radius 3 is 2.33 bits per heavy atom. The zero-order valence-electron chi connectivity index (χ0n) is 12.3. The van der Waals surface area contributed by atoms with E-state index in [4.69, 9.17) is 0 Å². The third-order valence-electron chi connectivity index (χ3n) is 4.45. The highest BCUT2D eigenvalue weighted by Gasteiger charge is 2.24. The Balaban J connectivity index is 1.69. The van der Waals surface area contributed by atoms with Crippen LogP contribution in [0.3, 0.4) is 0 Å². The molecule has 2 saturated heterocycles. The minimum Gasteiger partial charge on any atom is -0.306 e. The number of hydrogen-bond acceptors (Lipinski definition) is 3. The van der Waals surface area contributed by atoms with Gasteiger partial charge in [0.15, 0.2) is 0 Å². The van der Waals surface area contributed by atoms with Crippen molar-refractivity contribution < 1.29 is 9.59 Å². The summed E-state index contributed by atoms with van der Waals surface area (Å²) in [6, 6.07) is 7.90. The molecule has 0 spiro atoms. The predicted molar refractivity (Wildman–Crippen MR) is 81.4 cm³/mol. The van der Waals surface area contributed by atoms with Crippen LogP contribution >= 0.6 is 0 Å². The summed E-state index contributed by atoms with van der Waals surface area (Å²) in [4.78, 5) is 27.0. The number of urea groups is 1. The van der Waals surface area contributed by atoms with Crippen LogP contribution in [-0.2, 0) is 4.79 Å². The second-order valence-corrected chi connectivity index (χ2v) is 5.92. The van der Waals surface area contributed by atoms with E-state index in [0.717, 1.165) is 18.8 Å². The summed E-state index contributed by atoms with van der Waals surface area (Å²) in [7, 11) is 2.16. The second-order valence-electron chi connectivity index (χ2n) is 5.92. The van der Waals surface area contributed by atoms with Crippen LogP contribution in [0.1, 0.15) is 30.7 Å². The molecule has 0 aromatic heterocycles. The molecule has 1 N–H and O–H groups in total. The molecule has 112 valence electrons. The van der Waals surface area contributed by atoms with E-state index in [0.29, 0.717) is 18.9 Å². The van der Waals surface area contributed by atoms with Gasteiger partial charge in [-0.15, -0.1) is 0 Å². The van der Waals surface area contributed by atoms with Crippen molar-refractivity contribution in [3.8, 4) is 0 Å². The van der Waals surface area contributed by atoms with E-state index in [-0.39, 0.29) is 11.9 Å². The highest BCUT2D eigenvalue weighted by atomic mass is 16.2. The molecule has 2 aliphatic heterocycles. The fraction of sp³-hybridized carbons (Fsp3) is 0.500. The van der Waals surface area contributed by atoms with Gasteiger partial charge in [0.1, 0.15) is 0 Å². The van der Waals surface area contributed by atoms with Crippen LogP contribution in [0, 0.1) is 0 Å². The molecule has 1 aromatic carbocycles. The largest absolute Gasteiger partial charge is 0.328 e. The molecule has 0 aliphatic carbocycles. The molecule has 5 nitrogen and oxygen atoms in total. The topological polar surface area (TPSA) is 52.6 Å². The van der Waals surface area contributed by atoms with Gasteiger partial charge in [0.25, 0.3) is 0 Å². The minimum absolute atomic E-state index is 0.195. The molecule has 5 heteroatoms. The number of nitrogens with zero attached hydrogens (tertiary/aromatic N) is 2. The van der Waals surface area contributed by atoms with Crippen LogP contribution in [0.5, 0.6) is 0 Å². The Labute approximate surface area is 124 Å². The average Bonchev–Trinajstić information content (AvgIpc) is 2.48. The Morgan fingerprint density at radius 1 is 1.05 bits per heavy atom. The van der Waals surface area contributed by atoms with E-state index in [1.54, 1.807) is 4.90 Å². The molecule has 2 heterocycles. The molecule has 1 aromatic rings. The zero-order valence-corrected chi connectivity index (χ0v) is 12.3. The molecule has 0 radical (unpaired) electrons. The maximum absolute atomic E-state index is 11.8. The Kier molecular flexibility index (Phi) is 3.92. The van der Waals surface area contributed by atoms with Crippen LogP contribution in [0.2, 0.25) is 0 Å². The number of piperidine rings is 1. The Hall–Kier alpha value is -1.88. The van der Waals surface area contributed by atoms with Crippen molar-refractivity contribution in [1.29, 1.82) is 0 Å². The normalized spacial score (nSPS) is 21.5. The van der Waals surface area contributed by atoms with Crippen LogP contribution in [0.25, 0.3) is 0 Å². The smallest absolute Gasteiger partial charge is 0.306 e. The Bertz CT molecular complexity index is 533. The molecule has 3 amide bonds. The van der Waals surface area contributed by atoms with Gasteiger partial charge in [0, 0.05) is 18.7 Å². The molecular weight excluding hydrogens is 266 g/mol. The average molecular weight is 287 g/mol. The van der Waals surface area contributed by atoms with Crippen molar-refractivity contribution in [2.45, 2.75) is 25.2 Å². The molecule has 0 atom stereocenters. The molecule has 2 fully saturated rings. The second kappa shape index (κ2) is 5.85. The third-order valence-corrected chi connectivity index (χ3v) is 4.45. The van der Waals surface area contributed by atoms with Gasteiger partial charge in [0.2, 0.25) is 5.91 Å². The molecule has 21 heavy (non-hydrogen) atoms. The summed E-state index contributed by atoms with van der Waals surface area (Å²) in [5.41, 5.74) is 2.21. The molecule has 0 unspecified atom stereocenters. The predicted octanol–water partition coefficient (Wildman–Crippen LogP) is 1.94. The Morgan fingerprint density at radius 2 is 1.71 bits per heavy atom. The first-order valence-corrected chi connectivity index (χ1v) is 7.53. The number of anilines is 1. The molecule has 0 saturated carbocycles. The van der Waals surface area contributed by atoms with Crippen LogP contribution in [0.15, 0.2) is 24.3 Å². The number of nitrogens with one attached hydrogen (secondary N) is 1. The van der Waals surface area contributed by atoms with Crippen molar-refractivity contribution in [2.24, 2.45) is 0 Å². The summed E-state index contributed by atoms with van der Waals surface area (Å²) < 4.78 is 0. The third kappa shape index (κ3) is 3.08. The standard InChI is InChI=1S/C16H21N3O2/c1-18-9-6-13(7-10-18)12-2-4-14(5-3-12)19-11-8-15(20)17-16(19)21/h2-5,13H,6-11H2,1H3,(H,17,20,21). The van der Waals surface area contributed by atoms with Gasteiger partial charge in [-0.25, -0.2) is 4.79 Å². The van der Waals surface area contributed by atoms with Gasteiger partial charge >= 0.3 is 6.03 Å². The van der Waals surface area contributed by atoms with E-state index in [2.05, 4.69) is 29.4 Å². The highest BCUT2D eigenvalue weighted by Crippen LogP contribution is 2.29. The fourth-order valence-electron chi connectivity index (χ4n) is 3.08. The van der Waals surface area contributed by atoms with Gasteiger partial charge in [0.05, 0.1) is 0 Å². The fourth-order valence-corrected chi connectivity index (χ4v) is 3.08. The number of amides is 3. The maximum atomic E-state index is 11.8. The van der Waals surface area contributed by atoms with Crippen molar-refractivity contribution in [3.05, 3.63) is 29.8 Å². The van der Waals surface area contributed by atoms with Crippen molar-refractivity contribution in [2.75, 3.05) is 31.6 Å². The van der Waals surface area contributed by atoms with Gasteiger partial charge in [-0.2, -0.15) is 0 Å². The number of hydrogen-bond donors (Lipinski definition) is 1. The number of carbonyl (C=O) groups is 2. The van der Waals surface area contributed by atoms with Crippen LogP contribution in [0.4, 0.5) is 10.5 Å². The first-order valence-electron chi connectivity index (χ1n) is 7.53. The SMILES string of the molecule is CN1CCC(c2ccc(N3CCC(=O)NC3=O)cc2)CC1. The first-order chi connectivity index (χ1) is 10.1. The van der Waals surface area contributed by atoms with E-state index in [1.807, 2.05) is 12.1 Å². The zero-order chi connectivity index (χ0) is 14.8. The lowest BCUT2D eigenvalue weighted by Gasteiger charge is -2.30. The van der Waals surface area contributed by atoms with E-state index >= 15 is 0 Å². The highest BCUT2D eigenvalue weighted by molar-refractivity contribution is 6.05. The number of carbonyl (C=O) groups excluding carboxylic acids is 2. The van der Waals surface area contributed by atoms with Gasteiger partial charge in [-0.1, -0.05) is 12.1 Å². The number of likely N-dealkylation sites (tertiary alicyclic amines) is 1. The molecule has 3 rings (SSSR count). The number of imide groups is 1. The summed E-state index contributed by atoms with van der Waals surface area (Å²) >= 11 is 0. The summed E-state index contributed by atoms with van der Waals surface area (Å²) in [6.07, 6.45) is 2.74. The van der Waals surface area contributed by atoms with Gasteiger partial charge < -0.3 is 4.90 Å². The lowest BCUT2D eigenvalue weighted by atomic mass is 9.89. The monoisotopic (exact) mass is 287 g/mol. The van der Waals surface area contributed by atoms with E-state index in [1.165, 1.54) is 18.4 Å². The van der Waals surface area contributed by atoms with Gasteiger partial charge in [-0.05, 0) is 56.6 Å². The maximum Gasteiger partial charge on any atom is 0.328 e. The lowest BCUT2D eigenvalue weighted by Crippen LogP contribution is -2.49. The quantitative estimate of drug-likeness (QED) is 0.904. The number of benzene rings is 1. The first kappa shape index (κ1) is 14.1. The van der Waals surface area contributed by atoms with Crippen molar-refractivity contribution >= 4 is 17.6 Å². The molecular formula is C16H21N3O2. The molecule has 2 aliphatic rings. The lowest BCUT2D eigenvalue weighted by molar-refractivity contribution is -0.120. The number of rotatable bonds is 2. The molecule has 0 bridgehead atoms. The van der Waals surface area contributed by atoms with Crippen molar-refractivity contribution in [1.82, 2.24) is 10.2 Å². The van der Waals surface area contributed by atoms with Crippen molar-refractivity contribution in [3.63, 3.8) is 0 Å². The summed E-state index contributed by atoms with van der Waals surface area (Å²) in [5.74, 6) is 0.422. The van der Waals surface area contributed by atoms with Gasteiger partial charge in [-0.3, -0.25) is 15.0 Å². The van der Waals surface area contributed by atoms with Crippen LogP contribution in [-0.4, -0.2) is 43.5 Å². The van der Waals surface area contributed by atoms with Crippen LogP contribution < -0.4 is 10.2 Å². The summed E-state index contributed by atoms with van der Waals surface area (Å²) in [6.45, 7) is 2.74. The van der Waals surface area contributed by atoms with E-state index < -0.39 is 0 Å². The summed E-state index contributed by atoms with van der Waals surface area (Å²) in [5, 5.41) is 2.35. The minimum atomic E-state index is -0.321. The van der Waals surface area contributed by atoms with E-state index in [9.17, 15) is 9.59 Å².